The van der Waals surface area contributed by atoms with Gasteiger partial charge in [0.25, 0.3) is 0 Å². The monoisotopic (exact) mass is 201 g/mol. The van der Waals surface area contributed by atoms with Crippen LogP contribution in [0.25, 0.3) is 0 Å². The lowest BCUT2D eigenvalue weighted by atomic mass is 10.6. The zero-order valence-electron chi connectivity index (χ0n) is 7.46. The van der Waals surface area contributed by atoms with Gasteiger partial charge >= 0.3 is 0 Å². The molecule has 0 bridgehead atoms. The standard InChI is InChI=1S/C8H12ClN3O/c1-2-13-4-3-10-8-11-5-7(9)6-12-8/h5-6H,2-4H2,1H3,(H,10,11,12). The quantitative estimate of drug-likeness (QED) is 0.735. The van der Waals surface area contributed by atoms with Crippen molar-refractivity contribution >= 4 is 17.5 Å². The molecule has 13 heavy (non-hydrogen) atoms. The van der Waals surface area contributed by atoms with Crippen molar-refractivity contribution in [3.05, 3.63) is 17.4 Å². The van der Waals surface area contributed by atoms with E-state index in [0.29, 0.717) is 24.1 Å². The molecule has 1 aromatic heterocycles. The summed E-state index contributed by atoms with van der Waals surface area (Å²) in [5, 5.41) is 3.54. The molecule has 72 valence electrons. The minimum Gasteiger partial charge on any atom is -0.380 e. The van der Waals surface area contributed by atoms with E-state index < -0.39 is 0 Å². The molecule has 0 aromatic carbocycles. The predicted octanol–water partition coefficient (Wildman–Crippen LogP) is 1.58. The second-order valence-electron chi connectivity index (χ2n) is 2.35. The molecule has 0 aliphatic rings. The molecule has 1 heterocycles. The molecule has 0 atom stereocenters. The summed E-state index contributed by atoms with van der Waals surface area (Å²) in [6, 6.07) is 0. The summed E-state index contributed by atoms with van der Waals surface area (Å²) in [6.45, 7) is 4.04. The van der Waals surface area contributed by atoms with Gasteiger partial charge in [-0.15, -0.1) is 0 Å². The van der Waals surface area contributed by atoms with Crippen LogP contribution in [-0.2, 0) is 4.74 Å². The molecule has 0 unspecified atom stereocenters. The molecule has 0 fully saturated rings. The molecular formula is C8H12ClN3O. The number of ether oxygens (including phenoxy) is 1. The van der Waals surface area contributed by atoms with Crippen LogP contribution in [-0.4, -0.2) is 29.7 Å². The molecule has 1 rings (SSSR count). The van der Waals surface area contributed by atoms with Crippen molar-refractivity contribution in [2.24, 2.45) is 0 Å². The predicted molar refractivity (Wildman–Crippen MR) is 52.0 cm³/mol. The fourth-order valence-electron chi connectivity index (χ4n) is 0.783. The average molecular weight is 202 g/mol. The molecule has 1 N–H and O–H groups in total. The Morgan fingerprint density at radius 1 is 1.46 bits per heavy atom. The van der Waals surface area contributed by atoms with Gasteiger partial charge in [0.15, 0.2) is 0 Å². The minimum absolute atomic E-state index is 0.537. The molecule has 0 saturated heterocycles. The normalized spacial score (nSPS) is 10.0. The second-order valence-corrected chi connectivity index (χ2v) is 2.79. The average Bonchev–Trinajstić information content (AvgIpc) is 2.15. The maximum Gasteiger partial charge on any atom is 0.222 e. The third-order valence-electron chi connectivity index (χ3n) is 1.35. The second kappa shape index (κ2) is 5.72. The van der Waals surface area contributed by atoms with Gasteiger partial charge in [-0.1, -0.05) is 11.6 Å². The third kappa shape index (κ3) is 4.05. The van der Waals surface area contributed by atoms with E-state index in [1.165, 1.54) is 0 Å². The molecular weight excluding hydrogens is 190 g/mol. The highest BCUT2D eigenvalue weighted by atomic mass is 35.5. The molecule has 1 aromatic rings. The summed E-state index contributed by atoms with van der Waals surface area (Å²) in [5.41, 5.74) is 0. The van der Waals surface area contributed by atoms with Crippen LogP contribution in [0.15, 0.2) is 12.4 Å². The zero-order valence-corrected chi connectivity index (χ0v) is 8.21. The molecule has 0 saturated carbocycles. The van der Waals surface area contributed by atoms with Crippen LogP contribution < -0.4 is 5.32 Å². The molecule has 5 heteroatoms. The van der Waals surface area contributed by atoms with Crippen molar-refractivity contribution in [3.8, 4) is 0 Å². The van der Waals surface area contributed by atoms with Crippen LogP contribution in [0.2, 0.25) is 5.02 Å². The molecule has 4 nitrogen and oxygen atoms in total. The summed E-state index contributed by atoms with van der Waals surface area (Å²) in [6.07, 6.45) is 3.11. The van der Waals surface area contributed by atoms with Gasteiger partial charge in [0.1, 0.15) is 0 Å². The first-order chi connectivity index (χ1) is 6.33. The van der Waals surface area contributed by atoms with Gasteiger partial charge in [-0.2, -0.15) is 0 Å². The van der Waals surface area contributed by atoms with Crippen molar-refractivity contribution < 1.29 is 4.74 Å². The smallest absolute Gasteiger partial charge is 0.222 e. The van der Waals surface area contributed by atoms with Gasteiger partial charge in [0, 0.05) is 13.2 Å². The van der Waals surface area contributed by atoms with E-state index in [9.17, 15) is 0 Å². The van der Waals surface area contributed by atoms with Gasteiger partial charge in [0.05, 0.1) is 24.0 Å². The van der Waals surface area contributed by atoms with E-state index in [1.54, 1.807) is 12.4 Å². The van der Waals surface area contributed by atoms with E-state index in [1.807, 2.05) is 6.92 Å². The Hall–Kier alpha value is -0.870. The van der Waals surface area contributed by atoms with E-state index in [2.05, 4.69) is 15.3 Å². The molecule has 0 amide bonds. The Morgan fingerprint density at radius 3 is 2.77 bits per heavy atom. The highest BCUT2D eigenvalue weighted by Crippen LogP contribution is 2.04. The maximum absolute atomic E-state index is 5.62. The van der Waals surface area contributed by atoms with E-state index in [4.69, 9.17) is 16.3 Å². The van der Waals surface area contributed by atoms with Crippen molar-refractivity contribution in [3.63, 3.8) is 0 Å². The first kappa shape index (κ1) is 10.2. The van der Waals surface area contributed by atoms with Crippen LogP contribution in [0.5, 0.6) is 0 Å². The Morgan fingerprint density at radius 2 is 2.15 bits per heavy atom. The summed E-state index contributed by atoms with van der Waals surface area (Å²) >= 11 is 5.62. The van der Waals surface area contributed by atoms with Gasteiger partial charge in [0.2, 0.25) is 5.95 Å². The lowest BCUT2D eigenvalue weighted by Gasteiger charge is -2.03. The number of rotatable bonds is 5. The van der Waals surface area contributed by atoms with Crippen molar-refractivity contribution in [1.29, 1.82) is 0 Å². The number of nitrogens with zero attached hydrogens (tertiary/aromatic N) is 2. The molecule has 0 spiro atoms. The number of hydrogen-bond donors (Lipinski definition) is 1. The molecule has 0 radical (unpaired) electrons. The van der Waals surface area contributed by atoms with Crippen LogP contribution in [0, 0.1) is 0 Å². The third-order valence-corrected chi connectivity index (χ3v) is 1.55. The molecule has 0 aliphatic carbocycles. The topological polar surface area (TPSA) is 47.0 Å². The zero-order chi connectivity index (χ0) is 9.52. The Kier molecular flexibility index (Phi) is 4.49. The Balaban J connectivity index is 2.25. The lowest BCUT2D eigenvalue weighted by Crippen LogP contribution is -2.11. The number of aromatic nitrogens is 2. The Bertz CT molecular complexity index is 240. The van der Waals surface area contributed by atoms with Crippen LogP contribution in [0.4, 0.5) is 5.95 Å². The van der Waals surface area contributed by atoms with Gasteiger partial charge in [-0.3, -0.25) is 0 Å². The van der Waals surface area contributed by atoms with Crippen LogP contribution in [0.3, 0.4) is 0 Å². The number of hydrogen-bond acceptors (Lipinski definition) is 4. The Labute approximate surface area is 82.3 Å². The van der Waals surface area contributed by atoms with Crippen LogP contribution >= 0.6 is 11.6 Å². The van der Waals surface area contributed by atoms with Gasteiger partial charge in [-0.25, -0.2) is 9.97 Å². The van der Waals surface area contributed by atoms with Crippen molar-refractivity contribution in [2.45, 2.75) is 6.92 Å². The van der Waals surface area contributed by atoms with Crippen molar-refractivity contribution in [1.82, 2.24) is 9.97 Å². The first-order valence-corrected chi connectivity index (χ1v) is 4.50. The fourth-order valence-corrected chi connectivity index (χ4v) is 0.880. The number of nitrogens with one attached hydrogen (secondary N) is 1. The number of anilines is 1. The summed E-state index contributed by atoms with van der Waals surface area (Å²) in [4.78, 5) is 7.93. The van der Waals surface area contributed by atoms with Crippen LogP contribution in [0.1, 0.15) is 6.92 Å². The van der Waals surface area contributed by atoms with E-state index in [0.717, 1.165) is 6.61 Å². The highest BCUT2D eigenvalue weighted by molar-refractivity contribution is 6.30. The molecule has 0 aliphatic heterocycles. The van der Waals surface area contributed by atoms with Crippen molar-refractivity contribution in [2.75, 3.05) is 25.1 Å². The van der Waals surface area contributed by atoms with E-state index in [-0.39, 0.29) is 0 Å². The highest BCUT2D eigenvalue weighted by Gasteiger charge is 1.93. The van der Waals surface area contributed by atoms with E-state index >= 15 is 0 Å². The summed E-state index contributed by atoms with van der Waals surface area (Å²) < 4.78 is 5.13. The minimum atomic E-state index is 0.537. The van der Waals surface area contributed by atoms with Gasteiger partial charge < -0.3 is 10.1 Å². The lowest BCUT2D eigenvalue weighted by molar-refractivity contribution is 0.158. The largest absolute Gasteiger partial charge is 0.380 e. The summed E-state index contributed by atoms with van der Waals surface area (Å²) in [5.74, 6) is 0.573. The fraction of sp³-hybridized carbons (Fsp3) is 0.500. The SMILES string of the molecule is CCOCCNc1ncc(Cl)cn1. The summed E-state index contributed by atoms with van der Waals surface area (Å²) in [7, 11) is 0. The first-order valence-electron chi connectivity index (χ1n) is 4.12. The van der Waals surface area contributed by atoms with Gasteiger partial charge in [-0.05, 0) is 6.92 Å². The maximum atomic E-state index is 5.62. The number of halogens is 1.